The summed E-state index contributed by atoms with van der Waals surface area (Å²) in [6.45, 7) is 7.95. The largest absolute Gasteiger partial charge is 0.354 e. The Balaban J connectivity index is 1.84. The molecule has 0 N–H and O–H groups in total. The average molecular weight is 609 g/mol. The normalized spacial score (nSPS) is 15.5. The van der Waals surface area contributed by atoms with Crippen molar-refractivity contribution in [2.45, 2.75) is 19.9 Å². The Morgan fingerprint density at radius 2 is 1.84 bits per heavy atom. The first kappa shape index (κ1) is 29.8. The molecule has 0 spiro atoms. The smallest absolute Gasteiger partial charge is 0.350 e. The molecule has 1 aliphatic heterocycles. The lowest BCUT2D eigenvalue weighted by Crippen LogP contribution is -2.54. The molecule has 1 atom stereocenters. The van der Waals surface area contributed by atoms with Crippen molar-refractivity contribution in [2.75, 3.05) is 42.1 Å². The summed E-state index contributed by atoms with van der Waals surface area (Å²) in [6.07, 6.45) is 3.68. The van der Waals surface area contributed by atoms with Gasteiger partial charge in [0, 0.05) is 55.4 Å². The van der Waals surface area contributed by atoms with Crippen LogP contribution in [0.4, 0.5) is 20.3 Å². The molecule has 1 saturated heterocycles. The summed E-state index contributed by atoms with van der Waals surface area (Å²) in [5, 5.41) is 0.240. The van der Waals surface area contributed by atoms with E-state index in [1.165, 1.54) is 60.3 Å². The summed E-state index contributed by atoms with van der Waals surface area (Å²) in [5.74, 6) is -1.44. The van der Waals surface area contributed by atoms with Crippen LogP contribution in [0.2, 0.25) is 0 Å². The van der Waals surface area contributed by atoms with E-state index in [-0.39, 0.29) is 51.2 Å². The van der Waals surface area contributed by atoms with Gasteiger partial charge in [-0.15, -0.1) is 0 Å². The van der Waals surface area contributed by atoms with Gasteiger partial charge in [0.15, 0.2) is 0 Å². The minimum Gasteiger partial charge on any atom is -0.350 e. The predicted molar refractivity (Wildman–Crippen MR) is 162 cm³/mol. The Morgan fingerprint density at radius 3 is 2.49 bits per heavy atom. The summed E-state index contributed by atoms with van der Waals surface area (Å²) in [7, 11) is -2.42. The van der Waals surface area contributed by atoms with E-state index in [2.05, 4.69) is 16.5 Å². The Kier molecular flexibility index (Phi) is 7.78. The zero-order valence-corrected chi connectivity index (χ0v) is 24.9. The Bertz CT molecular complexity index is 1950. The number of halogens is 2. The van der Waals surface area contributed by atoms with E-state index in [0.717, 1.165) is 10.6 Å². The third kappa shape index (κ3) is 5.36. The Morgan fingerprint density at radius 1 is 1.12 bits per heavy atom. The van der Waals surface area contributed by atoms with Crippen molar-refractivity contribution in [1.29, 1.82) is 0 Å². The van der Waals surface area contributed by atoms with Crippen molar-refractivity contribution >= 4 is 38.3 Å². The fourth-order valence-electron chi connectivity index (χ4n) is 5.41. The van der Waals surface area contributed by atoms with E-state index in [1.54, 1.807) is 17.9 Å². The number of hydrogen-bond donors (Lipinski definition) is 0. The van der Waals surface area contributed by atoms with E-state index < -0.39 is 27.3 Å². The lowest BCUT2D eigenvalue weighted by molar-refractivity contribution is -0.126. The van der Waals surface area contributed by atoms with Crippen molar-refractivity contribution in [2.24, 2.45) is 0 Å². The standard InChI is InChI=1S/C30H30F2N6O4S/c1-6-27(39)36-13-14-37(18(2)17-36)29-22-15-24(32)21(20-9-7-8-10-23(20)31)16-26(22)38(30(40)34-29)28-19(3)33-12-11-25(28)35(4)43(5,41)42/h6-12,15-16,18H,1,13-14,17H2,2-5H3/t18-/m0/s1. The van der Waals surface area contributed by atoms with Crippen LogP contribution < -0.4 is 14.9 Å². The topological polar surface area (TPSA) is 109 Å². The van der Waals surface area contributed by atoms with Crippen molar-refractivity contribution in [3.63, 3.8) is 0 Å². The van der Waals surface area contributed by atoms with Crippen LogP contribution in [0.3, 0.4) is 0 Å². The van der Waals surface area contributed by atoms with Gasteiger partial charge in [0.1, 0.15) is 17.5 Å². The van der Waals surface area contributed by atoms with Crippen LogP contribution >= 0.6 is 0 Å². The number of carbonyl (C=O) groups is 1. The molecule has 0 bridgehead atoms. The second-order valence-electron chi connectivity index (χ2n) is 10.4. The molecular formula is C30H30F2N6O4S. The molecule has 2 aromatic heterocycles. The highest BCUT2D eigenvalue weighted by molar-refractivity contribution is 7.92. The molecule has 3 heterocycles. The zero-order valence-electron chi connectivity index (χ0n) is 24.1. The van der Waals surface area contributed by atoms with E-state index in [9.17, 15) is 22.4 Å². The lowest BCUT2D eigenvalue weighted by atomic mass is 10.0. The van der Waals surface area contributed by atoms with E-state index in [4.69, 9.17) is 0 Å². The highest BCUT2D eigenvalue weighted by atomic mass is 32.2. The van der Waals surface area contributed by atoms with Gasteiger partial charge in [0.25, 0.3) is 0 Å². The van der Waals surface area contributed by atoms with Crippen LogP contribution in [0.5, 0.6) is 0 Å². The summed E-state index contributed by atoms with van der Waals surface area (Å²) < 4.78 is 58.1. The quantitative estimate of drug-likeness (QED) is 0.308. The second kappa shape index (κ2) is 11.2. The number of fused-ring (bicyclic) bond motifs is 1. The number of carbonyl (C=O) groups excluding carboxylic acids is 1. The number of hydrogen-bond acceptors (Lipinski definition) is 7. The predicted octanol–water partition coefficient (Wildman–Crippen LogP) is 3.65. The first-order chi connectivity index (χ1) is 20.3. The maximum Gasteiger partial charge on any atom is 0.354 e. The van der Waals surface area contributed by atoms with Crippen molar-refractivity contribution < 1.29 is 22.0 Å². The third-order valence-corrected chi connectivity index (χ3v) is 8.85. The highest BCUT2D eigenvalue weighted by Crippen LogP contribution is 2.36. The molecule has 1 aliphatic rings. The fraction of sp³-hybridized carbons (Fsp3) is 0.267. The van der Waals surface area contributed by atoms with Gasteiger partial charge >= 0.3 is 5.69 Å². The van der Waals surface area contributed by atoms with E-state index in [0.29, 0.717) is 25.3 Å². The maximum atomic E-state index is 15.9. The van der Waals surface area contributed by atoms with Crippen molar-refractivity contribution in [3.05, 3.63) is 89.1 Å². The van der Waals surface area contributed by atoms with Crippen LogP contribution in [-0.2, 0) is 14.8 Å². The first-order valence-corrected chi connectivity index (χ1v) is 15.3. The molecule has 0 aliphatic carbocycles. The Labute approximate surface area is 247 Å². The number of aromatic nitrogens is 3. The van der Waals surface area contributed by atoms with Gasteiger partial charge in [-0.25, -0.2) is 22.0 Å². The monoisotopic (exact) mass is 608 g/mol. The van der Waals surface area contributed by atoms with E-state index in [1.807, 2.05) is 11.8 Å². The number of benzene rings is 2. The summed E-state index contributed by atoms with van der Waals surface area (Å²) in [6, 6.07) is 9.42. The van der Waals surface area contributed by atoms with Gasteiger partial charge in [0.05, 0.1) is 28.8 Å². The molecular weight excluding hydrogens is 578 g/mol. The van der Waals surface area contributed by atoms with Crippen molar-refractivity contribution in [1.82, 2.24) is 19.4 Å². The van der Waals surface area contributed by atoms with E-state index >= 15 is 4.39 Å². The number of anilines is 2. The maximum absolute atomic E-state index is 15.9. The lowest BCUT2D eigenvalue weighted by Gasteiger charge is -2.40. The molecule has 0 unspecified atom stereocenters. The Hall–Kier alpha value is -4.65. The number of rotatable bonds is 6. The molecule has 1 amide bonds. The average Bonchev–Trinajstić information content (AvgIpc) is 2.96. The molecule has 0 saturated carbocycles. The molecule has 10 nitrogen and oxygen atoms in total. The summed E-state index contributed by atoms with van der Waals surface area (Å²) in [5.41, 5.74) is -0.117. The third-order valence-electron chi connectivity index (χ3n) is 7.66. The number of aryl methyl sites for hydroxylation is 1. The number of piperazine rings is 1. The second-order valence-corrected chi connectivity index (χ2v) is 12.4. The number of amides is 1. The van der Waals surface area contributed by atoms with Crippen LogP contribution in [0.1, 0.15) is 12.6 Å². The minimum absolute atomic E-state index is 0.0134. The fourth-order valence-corrected chi connectivity index (χ4v) is 5.91. The van der Waals surface area contributed by atoms with Crippen LogP contribution in [0.15, 0.2) is 66.1 Å². The van der Waals surface area contributed by atoms with Crippen LogP contribution in [0.25, 0.3) is 27.7 Å². The molecule has 0 radical (unpaired) electrons. The SMILES string of the molecule is C=CC(=O)N1CCN(c2nc(=O)n(-c3c(N(C)S(C)(=O)=O)ccnc3C)c3cc(-c4ccccc4F)c(F)cc23)[C@@H](C)C1. The van der Waals surface area contributed by atoms with Gasteiger partial charge in [-0.05, 0) is 44.2 Å². The van der Waals surface area contributed by atoms with Crippen LogP contribution in [-0.4, -0.2) is 72.7 Å². The van der Waals surface area contributed by atoms with Crippen LogP contribution in [0, 0.1) is 18.6 Å². The van der Waals surface area contributed by atoms with Crippen molar-refractivity contribution in [3.8, 4) is 16.8 Å². The molecule has 224 valence electrons. The molecule has 1 fully saturated rings. The summed E-state index contributed by atoms with van der Waals surface area (Å²) >= 11 is 0. The molecule has 4 aromatic rings. The van der Waals surface area contributed by atoms with Gasteiger partial charge in [-0.3, -0.25) is 18.7 Å². The van der Waals surface area contributed by atoms with Gasteiger partial charge in [-0.2, -0.15) is 4.98 Å². The zero-order chi connectivity index (χ0) is 31.2. The van der Waals surface area contributed by atoms with Gasteiger partial charge in [-0.1, -0.05) is 24.8 Å². The minimum atomic E-state index is -3.77. The highest BCUT2D eigenvalue weighted by Gasteiger charge is 2.30. The number of sulfonamides is 1. The molecule has 2 aromatic carbocycles. The molecule has 13 heteroatoms. The summed E-state index contributed by atoms with van der Waals surface area (Å²) in [4.78, 5) is 38.4. The first-order valence-electron chi connectivity index (χ1n) is 13.4. The van der Waals surface area contributed by atoms with Gasteiger partial charge in [0.2, 0.25) is 15.9 Å². The molecule has 5 rings (SSSR count). The number of nitrogens with zero attached hydrogens (tertiary/aromatic N) is 6. The number of pyridine rings is 1. The molecule has 43 heavy (non-hydrogen) atoms. The van der Waals surface area contributed by atoms with Gasteiger partial charge < -0.3 is 9.80 Å².